The summed E-state index contributed by atoms with van der Waals surface area (Å²) in [6.45, 7) is 2.57. The van der Waals surface area contributed by atoms with Gasteiger partial charge < -0.3 is 5.73 Å². The molecule has 5 heteroatoms. The van der Waals surface area contributed by atoms with Gasteiger partial charge in [0.25, 0.3) is 0 Å². The third kappa shape index (κ3) is 3.04. The van der Waals surface area contributed by atoms with Gasteiger partial charge in [-0.05, 0) is 18.1 Å². The van der Waals surface area contributed by atoms with E-state index < -0.39 is 0 Å². The first kappa shape index (κ1) is 11.6. The molecule has 0 fully saturated rings. The van der Waals surface area contributed by atoms with Gasteiger partial charge in [0.15, 0.2) is 4.34 Å². The largest absolute Gasteiger partial charge is 0.326 e. The predicted octanol–water partition coefficient (Wildman–Crippen LogP) is 2.60. The molecular formula is C11H13N3S2. The molecule has 2 N–H and O–H groups in total. The van der Waals surface area contributed by atoms with Crippen molar-refractivity contribution in [2.45, 2.75) is 23.6 Å². The Hall–Kier alpha value is -0.910. The van der Waals surface area contributed by atoms with E-state index in [2.05, 4.69) is 34.5 Å². The third-order valence-corrected chi connectivity index (χ3v) is 4.17. The molecule has 0 aliphatic carbocycles. The van der Waals surface area contributed by atoms with Crippen molar-refractivity contribution < 1.29 is 0 Å². The zero-order valence-electron chi connectivity index (χ0n) is 9.01. The maximum absolute atomic E-state index is 5.55. The first-order chi connectivity index (χ1) is 7.78. The first-order valence-corrected chi connectivity index (χ1v) is 6.79. The Morgan fingerprint density at radius 3 is 2.44 bits per heavy atom. The van der Waals surface area contributed by atoms with Crippen LogP contribution in [0.5, 0.6) is 0 Å². The summed E-state index contributed by atoms with van der Waals surface area (Å²) in [5.41, 5.74) is 8.00. The molecule has 0 aliphatic heterocycles. The highest BCUT2D eigenvalue weighted by Crippen LogP contribution is 2.25. The summed E-state index contributed by atoms with van der Waals surface area (Å²) < 4.78 is 1.03. The van der Waals surface area contributed by atoms with Crippen LogP contribution in [0.15, 0.2) is 28.6 Å². The highest BCUT2D eigenvalue weighted by atomic mass is 32.2. The second kappa shape index (κ2) is 5.43. The van der Waals surface area contributed by atoms with E-state index in [-0.39, 0.29) is 0 Å². The number of hydrogen-bond acceptors (Lipinski definition) is 5. The molecule has 2 aromatic rings. The lowest BCUT2D eigenvalue weighted by Gasteiger charge is -2.00. The van der Waals surface area contributed by atoms with Gasteiger partial charge in [0.1, 0.15) is 5.01 Å². The average Bonchev–Trinajstić information content (AvgIpc) is 2.73. The standard InChI is InChI=1S/C11H13N3S2/c1-8-13-14-11(16-8)15-7-10-4-2-9(6-12)3-5-10/h2-5H,6-7,12H2,1H3. The van der Waals surface area contributed by atoms with Crippen molar-refractivity contribution in [3.05, 3.63) is 40.4 Å². The molecule has 0 saturated carbocycles. The molecule has 1 heterocycles. The Labute approximate surface area is 103 Å². The van der Waals surface area contributed by atoms with Gasteiger partial charge in [-0.25, -0.2) is 0 Å². The van der Waals surface area contributed by atoms with Crippen molar-refractivity contribution in [3.8, 4) is 0 Å². The summed E-state index contributed by atoms with van der Waals surface area (Å²) in [7, 11) is 0. The lowest BCUT2D eigenvalue weighted by molar-refractivity contribution is 0.983. The molecule has 0 amide bonds. The number of aryl methyl sites for hydroxylation is 1. The van der Waals surface area contributed by atoms with E-state index in [0.717, 1.165) is 15.1 Å². The Morgan fingerprint density at radius 2 is 1.88 bits per heavy atom. The van der Waals surface area contributed by atoms with Crippen LogP contribution in [0.2, 0.25) is 0 Å². The molecule has 3 nitrogen and oxygen atoms in total. The van der Waals surface area contributed by atoms with E-state index in [1.165, 1.54) is 11.1 Å². The van der Waals surface area contributed by atoms with E-state index >= 15 is 0 Å². The SMILES string of the molecule is Cc1nnc(SCc2ccc(CN)cc2)s1. The van der Waals surface area contributed by atoms with Gasteiger partial charge in [0.05, 0.1) is 0 Å². The molecule has 16 heavy (non-hydrogen) atoms. The van der Waals surface area contributed by atoms with Crippen LogP contribution >= 0.6 is 23.1 Å². The number of hydrogen-bond donors (Lipinski definition) is 1. The fourth-order valence-electron chi connectivity index (χ4n) is 1.25. The van der Waals surface area contributed by atoms with Crippen LogP contribution in [-0.2, 0) is 12.3 Å². The van der Waals surface area contributed by atoms with E-state index in [9.17, 15) is 0 Å². The second-order valence-corrected chi connectivity index (χ2v) is 5.80. The lowest BCUT2D eigenvalue weighted by Crippen LogP contribution is -1.95. The summed E-state index contributed by atoms with van der Waals surface area (Å²) in [6.07, 6.45) is 0. The third-order valence-electron chi connectivity index (χ3n) is 2.13. The number of benzene rings is 1. The molecule has 0 atom stereocenters. The average molecular weight is 251 g/mol. The molecule has 0 bridgehead atoms. The summed E-state index contributed by atoms with van der Waals surface area (Å²) in [4.78, 5) is 0. The van der Waals surface area contributed by atoms with Gasteiger partial charge in [0.2, 0.25) is 0 Å². The minimum absolute atomic E-state index is 0.600. The zero-order valence-corrected chi connectivity index (χ0v) is 10.6. The first-order valence-electron chi connectivity index (χ1n) is 4.98. The molecule has 0 saturated heterocycles. The zero-order chi connectivity index (χ0) is 11.4. The number of thioether (sulfide) groups is 1. The van der Waals surface area contributed by atoms with E-state index in [1.54, 1.807) is 23.1 Å². The summed E-state index contributed by atoms with van der Waals surface area (Å²) in [5.74, 6) is 0.930. The van der Waals surface area contributed by atoms with E-state index in [1.807, 2.05) is 6.92 Å². The van der Waals surface area contributed by atoms with Gasteiger partial charge in [-0.3, -0.25) is 0 Å². The molecule has 2 rings (SSSR count). The maximum Gasteiger partial charge on any atom is 0.174 e. The molecule has 84 valence electrons. The Balaban J connectivity index is 1.94. The topological polar surface area (TPSA) is 51.8 Å². The number of nitrogens with two attached hydrogens (primary N) is 1. The molecule has 1 aromatic heterocycles. The maximum atomic E-state index is 5.55. The van der Waals surface area contributed by atoms with Crippen molar-refractivity contribution in [3.63, 3.8) is 0 Å². The fraction of sp³-hybridized carbons (Fsp3) is 0.273. The van der Waals surface area contributed by atoms with E-state index in [0.29, 0.717) is 6.54 Å². The van der Waals surface area contributed by atoms with Crippen molar-refractivity contribution in [2.75, 3.05) is 0 Å². The van der Waals surface area contributed by atoms with Crippen molar-refractivity contribution in [2.24, 2.45) is 5.73 Å². The van der Waals surface area contributed by atoms with Crippen LogP contribution in [0.4, 0.5) is 0 Å². The Bertz CT molecular complexity index is 451. The fourth-order valence-corrected chi connectivity index (χ4v) is 3.02. The Kier molecular flexibility index (Phi) is 3.93. The van der Waals surface area contributed by atoms with Gasteiger partial charge in [0, 0.05) is 12.3 Å². The smallest absolute Gasteiger partial charge is 0.174 e. The highest BCUT2D eigenvalue weighted by molar-refractivity contribution is 8.00. The lowest BCUT2D eigenvalue weighted by atomic mass is 10.1. The summed E-state index contributed by atoms with van der Waals surface area (Å²) in [5, 5.41) is 9.08. The van der Waals surface area contributed by atoms with Gasteiger partial charge >= 0.3 is 0 Å². The van der Waals surface area contributed by atoms with Gasteiger partial charge in [-0.15, -0.1) is 10.2 Å². The molecular weight excluding hydrogens is 238 g/mol. The summed E-state index contributed by atoms with van der Waals surface area (Å²) >= 11 is 3.36. The molecule has 0 aliphatic rings. The van der Waals surface area contributed by atoms with Crippen molar-refractivity contribution >= 4 is 23.1 Å². The second-order valence-electron chi connectivity index (χ2n) is 3.40. The molecule has 1 aromatic carbocycles. The van der Waals surface area contributed by atoms with Gasteiger partial charge in [-0.2, -0.15) is 0 Å². The van der Waals surface area contributed by atoms with Crippen LogP contribution in [0.3, 0.4) is 0 Å². The minimum atomic E-state index is 0.600. The van der Waals surface area contributed by atoms with Crippen LogP contribution in [-0.4, -0.2) is 10.2 Å². The molecule has 0 unspecified atom stereocenters. The summed E-state index contributed by atoms with van der Waals surface area (Å²) in [6, 6.07) is 8.37. The minimum Gasteiger partial charge on any atom is -0.326 e. The van der Waals surface area contributed by atoms with Crippen LogP contribution < -0.4 is 5.73 Å². The number of aromatic nitrogens is 2. The Morgan fingerprint density at radius 1 is 1.19 bits per heavy atom. The van der Waals surface area contributed by atoms with Crippen LogP contribution in [0, 0.1) is 6.92 Å². The van der Waals surface area contributed by atoms with Crippen molar-refractivity contribution in [1.29, 1.82) is 0 Å². The quantitative estimate of drug-likeness (QED) is 0.849. The normalized spacial score (nSPS) is 10.6. The molecule has 0 radical (unpaired) electrons. The monoisotopic (exact) mass is 251 g/mol. The number of nitrogens with zero attached hydrogens (tertiary/aromatic N) is 2. The predicted molar refractivity (Wildman–Crippen MR) is 68.5 cm³/mol. The van der Waals surface area contributed by atoms with E-state index in [4.69, 9.17) is 5.73 Å². The number of rotatable bonds is 4. The van der Waals surface area contributed by atoms with Crippen molar-refractivity contribution in [1.82, 2.24) is 10.2 Å². The molecule has 0 spiro atoms. The van der Waals surface area contributed by atoms with Crippen LogP contribution in [0.25, 0.3) is 0 Å². The van der Waals surface area contributed by atoms with Gasteiger partial charge in [-0.1, -0.05) is 47.4 Å². The van der Waals surface area contributed by atoms with Crippen LogP contribution in [0.1, 0.15) is 16.1 Å². The highest BCUT2D eigenvalue weighted by Gasteiger charge is 2.01.